The van der Waals surface area contributed by atoms with Crippen molar-refractivity contribution < 1.29 is 4.74 Å². The molecule has 0 fully saturated rings. The van der Waals surface area contributed by atoms with Gasteiger partial charge < -0.3 is 4.74 Å². The third-order valence-corrected chi connectivity index (χ3v) is 4.50. The SMILES string of the molecule is Cc1ccccc1N=Cc1cc(Cl)ccc1OCc1ccc(Br)cc1. The van der Waals surface area contributed by atoms with Gasteiger partial charge >= 0.3 is 0 Å². The molecule has 3 aromatic carbocycles. The average molecular weight is 415 g/mol. The first kappa shape index (κ1) is 17.7. The Kier molecular flexibility index (Phi) is 5.90. The fraction of sp³-hybridized carbons (Fsp3) is 0.0952. The average Bonchev–Trinajstić information content (AvgIpc) is 2.61. The summed E-state index contributed by atoms with van der Waals surface area (Å²) in [7, 11) is 0. The van der Waals surface area contributed by atoms with E-state index < -0.39 is 0 Å². The Balaban J connectivity index is 1.80. The highest BCUT2D eigenvalue weighted by atomic mass is 79.9. The molecule has 4 heteroatoms. The van der Waals surface area contributed by atoms with Crippen LogP contribution in [0.4, 0.5) is 5.69 Å². The Morgan fingerprint density at radius 3 is 2.56 bits per heavy atom. The number of ether oxygens (including phenoxy) is 1. The van der Waals surface area contributed by atoms with Gasteiger partial charge in [0.1, 0.15) is 12.4 Å². The summed E-state index contributed by atoms with van der Waals surface area (Å²) in [6.45, 7) is 2.52. The van der Waals surface area contributed by atoms with Gasteiger partial charge in [-0.1, -0.05) is 57.9 Å². The lowest BCUT2D eigenvalue weighted by molar-refractivity contribution is 0.306. The summed E-state index contributed by atoms with van der Waals surface area (Å²) in [6.07, 6.45) is 1.80. The molecule has 0 aromatic heterocycles. The molecule has 25 heavy (non-hydrogen) atoms. The van der Waals surface area contributed by atoms with E-state index in [1.54, 1.807) is 6.21 Å². The van der Waals surface area contributed by atoms with Crippen LogP contribution in [0.2, 0.25) is 5.02 Å². The first-order chi connectivity index (χ1) is 12.1. The molecule has 0 radical (unpaired) electrons. The Labute approximate surface area is 161 Å². The molecule has 0 bridgehead atoms. The van der Waals surface area contributed by atoms with Crippen LogP contribution in [0, 0.1) is 6.92 Å². The second kappa shape index (κ2) is 8.32. The molecular weight excluding hydrogens is 398 g/mol. The number of benzene rings is 3. The van der Waals surface area contributed by atoms with E-state index in [0.29, 0.717) is 11.6 Å². The third kappa shape index (κ3) is 4.94. The van der Waals surface area contributed by atoms with E-state index in [1.165, 1.54) is 0 Å². The number of aliphatic imine (C=N–C) groups is 1. The molecule has 0 atom stereocenters. The molecule has 3 aromatic rings. The molecule has 2 nitrogen and oxygen atoms in total. The smallest absolute Gasteiger partial charge is 0.128 e. The van der Waals surface area contributed by atoms with Crippen molar-refractivity contribution >= 4 is 39.4 Å². The van der Waals surface area contributed by atoms with Crippen molar-refractivity contribution in [3.05, 3.63) is 92.9 Å². The quantitative estimate of drug-likeness (QED) is 0.424. The maximum Gasteiger partial charge on any atom is 0.128 e. The summed E-state index contributed by atoms with van der Waals surface area (Å²) in [5.74, 6) is 0.754. The molecule has 0 unspecified atom stereocenters. The monoisotopic (exact) mass is 413 g/mol. The Bertz CT molecular complexity index is 891. The predicted octanol–water partition coefficient (Wildman–Crippen LogP) is 6.74. The number of aryl methyl sites for hydroxylation is 1. The topological polar surface area (TPSA) is 21.6 Å². The van der Waals surface area contributed by atoms with Gasteiger partial charge in [0, 0.05) is 21.3 Å². The highest BCUT2D eigenvalue weighted by Crippen LogP contribution is 2.24. The van der Waals surface area contributed by atoms with Crippen molar-refractivity contribution in [2.24, 2.45) is 4.99 Å². The molecule has 0 aliphatic heterocycles. The molecule has 0 amide bonds. The third-order valence-electron chi connectivity index (χ3n) is 3.74. The van der Waals surface area contributed by atoms with Crippen molar-refractivity contribution in [3.8, 4) is 5.75 Å². The van der Waals surface area contributed by atoms with Gasteiger partial charge in [-0.25, -0.2) is 0 Å². The molecule has 0 N–H and O–H groups in total. The lowest BCUT2D eigenvalue weighted by Crippen LogP contribution is -1.98. The van der Waals surface area contributed by atoms with E-state index in [2.05, 4.69) is 20.9 Å². The van der Waals surface area contributed by atoms with Crippen LogP contribution in [-0.4, -0.2) is 6.21 Å². The van der Waals surface area contributed by atoms with Crippen molar-refractivity contribution in [3.63, 3.8) is 0 Å². The van der Waals surface area contributed by atoms with Crippen LogP contribution in [0.3, 0.4) is 0 Å². The van der Waals surface area contributed by atoms with E-state index in [1.807, 2.05) is 73.7 Å². The lowest BCUT2D eigenvalue weighted by atomic mass is 10.2. The van der Waals surface area contributed by atoms with Gasteiger partial charge in [-0.05, 0) is 54.4 Å². The molecule has 0 saturated carbocycles. The zero-order valence-corrected chi connectivity index (χ0v) is 16.1. The molecule has 0 heterocycles. The van der Waals surface area contributed by atoms with Crippen molar-refractivity contribution in [1.82, 2.24) is 0 Å². The number of nitrogens with zero attached hydrogens (tertiary/aromatic N) is 1. The van der Waals surface area contributed by atoms with Crippen molar-refractivity contribution in [2.45, 2.75) is 13.5 Å². The van der Waals surface area contributed by atoms with Gasteiger partial charge in [0.2, 0.25) is 0 Å². The van der Waals surface area contributed by atoms with Crippen molar-refractivity contribution in [2.75, 3.05) is 0 Å². The maximum absolute atomic E-state index is 6.14. The number of halogens is 2. The number of para-hydroxylation sites is 1. The normalized spacial score (nSPS) is 11.0. The predicted molar refractivity (Wildman–Crippen MR) is 108 cm³/mol. The van der Waals surface area contributed by atoms with E-state index in [-0.39, 0.29) is 0 Å². The van der Waals surface area contributed by atoms with Gasteiger partial charge in [0.05, 0.1) is 5.69 Å². The van der Waals surface area contributed by atoms with Crippen LogP contribution in [-0.2, 0) is 6.61 Å². The number of hydrogen-bond donors (Lipinski definition) is 0. The Morgan fingerprint density at radius 1 is 1.04 bits per heavy atom. The minimum absolute atomic E-state index is 0.486. The van der Waals surface area contributed by atoms with E-state index in [9.17, 15) is 0 Å². The van der Waals surface area contributed by atoms with Gasteiger partial charge in [0.25, 0.3) is 0 Å². The molecule has 0 saturated heterocycles. The van der Waals surface area contributed by atoms with Crippen LogP contribution >= 0.6 is 27.5 Å². The second-order valence-electron chi connectivity index (χ2n) is 5.64. The van der Waals surface area contributed by atoms with E-state index in [0.717, 1.165) is 32.6 Å². The minimum atomic E-state index is 0.486. The second-order valence-corrected chi connectivity index (χ2v) is 6.99. The Morgan fingerprint density at radius 2 is 1.80 bits per heavy atom. The van der Waals surface area contributed by atoms with Crippen LogP contribution in [0.15, 0.2) is 76.2 Å². The van der Waals surface area contributed by atoms with Gasteiger partial charge in [-0.2, -0.15) is 0 Å². The van der Waals surface area contributed by atoms with Gasteiger partial charge in [-0.15, -0.1) is 0 Å². The molecular formula is C21H17BrClNO. The largest absolute Gasteiger partial charge is 0.488 e. The van der Waals surface area contributed by atoms with Crippen molar-refractivity contribution in [1.29, 1.82) is 0 Å². The molecule has 0 aliphatic rings. The maximum atomic E-state index is 6.14. The van der Waals surface area contributed by atoms with Crippen LogP contribution in [0.5, 0.6) is 5.75 Å². The fourth-order valence-electron chi connectivity index (χ4n) is 2.34. The first-order valence-electron chi connectivity index (χ1n) is 7.88. The standard InChI is InChI=1S/C21H17BrClNO/c1-15-4-2-3-5-20(15)24-13-17-12-19(23)10-11-21(17)25-14-16-6-8-18(22)9-7-16/h2-13H,14H2,1H3. The highest BCUT2D eigenvalue weighted by Gasteiger charge is 2.04. The highest BCUT2D eigenvalue weighted by molar-refractivity contribution is 9.10. The molecule has 3 rings (SSSR count). The molecule has 126 valence electrons. The zero-order valence-electron chi connectivity index (χ0n) is 13.7. The van der Waals surface area contributed by atoms with Crippen LogP contribution in [0.1, 0.15) is 16.7 Å². The fourth-order valence-corrected chi connectivity index (χ4v) is 2.79. The van der Waals surface area contributed by atoms with Crippen LogP contribution < -0.4 is 4.74 Å². The summed E-state index contributed by atoms with van der Waals surface area (Å²) in [5.41, 5.74) is 4.01. The summed E-state index contributed by atoms with van der Waals surface area (Å²) in [5, 5.41) is 0.655. The Hall–Kier alpha value is -2.10. The van der Waals surface area contributed by atoms with Crippen LogP contribution in [0.25, 0.3) is 0 Å². The summed E-state index contributed by atoms with van der Waals surface area (Å²) in [4.78, 5) is 4.57. The first-order valence-corrected chi connectivity index (χ1v) is 9.05. The molecule has 0 spiro atoms. The van der Waals surface area contributed by atoms with E-state index >= 15 is 0 Å². The lowest BCUT2D eigenvalue weighted by Gasteiger charge is -2.10. The molecule has 0 aliphatic carbocycles. The zero-order chi connectivity index (χ0) is 17.6. The summed E-state index contributed by atoms with van der Waals surface area (Å²) < 4.78 is 7.02. The number of rotatable bonds is 5. The van der Waals surface area contributed by atoms with Gasteiger partial charge in [0.15, 0.2) is 0 Å². The van der Waals surface area contributed by atoms with Gasteiger partial charge in [-0.3, -0.25) is 4.99 Å². The summed E-state index contributed by atoms with van der Waals surface area (Å²) >= 11 is 9.58. The number of hydrogen-bond acceptors (Lipinski definition) is 2. The van der Waals surface area contributed by atoms with E-state index in [4.69, 9.17) is 16.3 Å². The summed E-state index contributed by atoms with van der Waals surface area (Å²) in [6, 6.07) is 21.6. The minimum Gasteiger partial charge on any atom is -0.488 e.